The number of hydrogen-bond acceptors (Lipinski definition) is 3. The Labute approximate surface area is 113 Å². The van der Waals surface area contributed by atoms with E-state index < -0.39 is 17.8 Å². The number of carboxylic acids is 1. The Morgan fingerprint density at radius 3 is 2.16 bits per heavy atom. The molecule has 0 saturated carbocycles. The molecule has 2 atom stereocenters. The van der Waals surface area contributed by atoms with Gasteiger partial charge in [0.05, 0.1) is 5.92 Å². The van der Waals surface area contributed by atoms with Crippen LogP contribution in [0.5, 0.6) is 0 Å². The molecule has 6 nitrogen and oxygen atoms in total. The molecule has 110 valence electrons. The summed E-state index contributed by atoms with van der Waals surface area (Å²) in [7, 11) is 0. The van der Waals surface area contributed by atoms with Crippen LogP contribution >= 0.6 is 0 Å². The zero-order valence-electron chi connectivity index (χ0n) is 11.6. The van der Waals surface area contributed by atoms with Crippen molar-refractivity contribution in [1.29, 1.82) is 0 Å². The van der Waals surface area contributed by atoms with E-state index in [1.165, 1.54) is 6.92 Å². The Bertz CT molecular complexity index is 294. The number of nitrogens with one attached hydrogen (secondary N) is 2. The van der Waals surface area contributed by atoms with Crippen LogP contribution in [-0.2, 0) is 14.4 Å². The molecule has 2 amide bonds. The summed E-state index contributed by atoms with van der Waals surface area (Å²) in [5.41, 5.74) is 0. The average molecular weight is 272 g/mol. The third-order valence-electron chi connectivity index (χ3n) is 3.18. The quantitative estimate of drug-likeness (QED) is 0.382. The number of carbonyl (C=O) groups excluding carboxylic acids is 2. The van der Waals surface area contributed by atoms with Gasteiger partial charge in [-0.1, -0.05) is 26.7 Å². The van der Waals surface area contributed by atoms with Gasteiger partial charge in [0, 0.05) is 19.0 Å². The summed E-state index contributed by atoms with van der Waals surface area (Å²) in [6, 6.07) is 0. The molecule has 0 rings (SSSR count). The monoisotopic (exact) mass is 272 g/mol. The van der Waals surface area contributed by atoms with Gasteiger partial charge in [-0.25, -0.2) is 0 Å². The highest BCUT2D eigenvalue weighted by Crippen LogP contribution is 2.11. The third-order valence-corrected chi connectivity index (χ3v) is 3.18. The van der Waals surface area contributed by atoms with Crippen molar-refractivity contribution in [2.24, 2.45) is 11.8 Å². The maximum atomic E-state index is 11.6. The lowest BCUT2D eigenvalue weighted by atomic mass is 9.95. The minimum absolute atomic E-state index is 0.211. The van der Waals surface area contributed by atoms with Gasteiger partial charge in [-0.15, -0.1) is 0 Å². The van der Waals surface area contributed by atoms with Crippen LogP contribution in [0.1, 0.15) is 39.5 Å². The van der Waals surface area contributed by atoms with Crippen LogP contribution in [0, 0.1) is 11.8 Å². The van der Waals surface area contributed by atoms with Crippen molar-refractivity contribution in [2.45, 2.75) is 39.5 Å². The Hall–Kier alpha value is -1.59. The van der Waals surface area contributed by atoms with Crippen LogP contribution in [0.15, 0.2) is 0 Å². The number of rotatable bonds is 11. The molecule has 0 aliphatic rings. The van der Waals surface area contributed by atoms with Crippen molar-refractivity contribution in [1.82, 2.24) is 10.6 Å². The lowest BCUT2D eigenvalue weighted by molar-refractivity contribution is -0.146. The second-order valence-corrected chi connectivity index (χ2v) is 4.69. The number of aliphatic carboxylic acids is 1. The lowest BCUT2D eigenvalue weighted by Crippen LogP contribution is -2.35. The van der Waals surface area contributed by atoms with Gasteiger partial charge in [-0.05, 0) is 12.8 Å². The number of unbranched alkanes of at least 4 members (excludes halogenated alkanes) is 3. The highest BCUT2D eigenvalue weighted by molar-refractivity contribution is 5.84. The number of amides is 2. The van der Waals surface area contributed by atoms with Gasteiger partial charge in [0.25, 0.3) is 0 Å². The summed E-state index contributed by atoms with van der Waals surface area (Å²) in [5.74, 6) is -2.36. The van der Waals surface area contributed by atoms with Crippen molar-refractivity contribution in [2.75, 3.05) is 13.1 Å². The molecule has 19 heavy (non-hydrogen) atoms. The molecule has 2 unspecified atom stereocenters. The first-order valence-corrected chi connectivity index (χ1v) is 6.68. The van der Waals surface area contributed by atoms with Gasteiger partial charge in [-0.2, -0.15) is 0 Å². The van der Waals surface area contributed by atoms with E-state index in [9.17, 15) is 14.4 Å². The highest BCUT2D eigenvalue weighted by Gasteiger charge is 2.25. The zero-order valence-corrected chi connectivity index (χ0v) is 11.6. The Kier molecular flexibility index (Phi) is 9.48. The third kappa shape index (κ3) is 8.18. The van der Waals surface area contributed by atoms with E-state index in [0.29, 0.717) is 19.5 Å². The summed E-state index contributed by atoms with van der Waals surface area (Å²) < 4.78 is 0. The first-order chi connectivity index (χ1) is 9.00. The second kappa shape index (κ2) is 10.3. The molecule has 0 fully saturated rings. The summed E-state index contributed by atoms with van der Waals surface area (Å²) >= 11 is 0. The first kappa shape index (κ1) is 17.4. The van der Waals surface area contributed by atoms with Gasteiger partial charge in [0.2, 0.25) is 12.3 Å². The topological polar surface area (TPSA) is 95.5 Å². The predicted molar refractivity (Wildman–Crippen MR) is 71.5 cm³/mol. The van der Waals surface area contributed by atoms with Crippen LogP contribution in [-0.4, -0.2) is 36.5 Å². The maximum absolute atomic E-state index is 11.6. The Morgan fingerprint density at radius 1 is 1.05 bits per heavy atom. The van der Waals surface area contributed by atoms with Crippen LogP contribution in [0.25, 0.3) is 0 Å². The highest BCUT2D eigenvalue weighted by atomic mass is 16.4. The van der Waals surface area contributed by atoms with E-state index in [-0.39, 0.29) is 5.91 Å². The molecule has 0 aromatic carbocycles. The molecule has 0 spiro atoms. The van der Waals surface area contributed by atoms with Gasteiger partial charge < -0.3 is 15.7 Å². The predicted octanol–water partition coefficient (Wildman–Crippen LogP) is 0.766. The Morgan fingerprint density at radius 2 is 1.63 bits per heavy atom. The summed E-state index contributed by atoms with van der Waals surface area (Å²) in [5, 5.41) is 14.1. The van der Waals surface area contributed by atoms with Crippen molar-refractivity contribution >= 4 is 18.3 Å². The molecule has 0 radical (unpaired) electrons. The van der Waals surface area contributed by atoms with E-state index >= 15 is 0 Å². The van der Waals surface area contributed by atoms with Crippen molar-refractivity contribution in [3.63, 3.8) is 0 Å². The first-order valence-electron chi connectivity index (χ1n) is 6.68. The molecule has 0 aliphatic heterocycles. The summed E-state index contributed by atoms with van der Waals surface area (Å²) in [4.78, 5) is 32.4. The molecule has 0 aliphatic carbocycles. The van der Waals surface area contributed by atoms with E-state index in [1.54, 1.807) is 6.92 Å². The minimum atomic E-state index is -0.953. The smallest absolute Gasteiger partial charge is 0.307 e. The zero-order chi connectivity index (χ0) is 14.7. The van der Waals surface area contributed by atoms with Crippen molar-refractivity contribution in [3.05, 3.63) is 0 Å². The van der Waals surface area contributed by atoms with Gasteiger partial charge in [0.1, 0.15) is 0 Å². The molecule has 0 aromatic rings. The Balaban J connectivity index is 3.58. The van der Waals surface area contributed by atoms with E-state index in [1.807, 2.05) is 0 Å². The molecular weight excluding hydrogens is 248 g/mol. The van der Waals surface area contributed by atoms with Crippen molar-refractivity contribution < 1.29 is 19.5 Å². The fourth-order valence-corrected chi connectivity index (χ4v) is 1.58. The number of carbonyl (C=O) groups is 3. The summed E-state index contributed by atoms with van der Waals surface area (Å²) in [6.07, 6.45) is 4.45. The minimum Gasteiger partial charge on any atom is -0.481 e. The molecule has 3 N–H and O–H groups in total. The average Bonchev–Trinajstić information content (AvgIpc) is 2.39. The molecule has 0 bridgehead atoms. The van der Waals surface area contributed by atoms with E-state index in [2.05, 4.69) is 10.6 Å². The fraction of sp³-hybridized carbons (Fsp3) is 0.769. The van der Waals surface area contributed by atoms with Crippen LogP contribution < -0.4 is 10.6 Å². The number of hydrogen-bond donors (Lipinski definition) is 3. The molecular formula is C13H24N2O4. The van der Waals surface area contributed by atoms with Crippen LogP contribution in [0.3, 0.4) is 0 Å². The van der Waals surface area contributed by atoms with E-state index in [0.717, 1.165) is 25.7 Å². The van der Waals surface area contributed by atoms with Crippen molar-refractivity contribution in [3.8, 4) is 0 Å². The molecule has 0 saturated heterocycles. The second-order valence-electron chi connectivity index (χ2n) is 4.69. The summed E-state index contributed by atoms with van der Waals surface area (Å²) in [6.45, 7) is 4.41. The molecule has 0 aromatic heterocycles. The maximum Gasteiger partial charge on any atom is 0.307 e. The van der Waals surface area contributed by atoms with Gasteiger partial charge in [0.15, 0.2) is 0 Å². The van der Waals surface area contributed by atoms with Crippen LogP contribution in [0.4, 0.5) is 0 Å². The van der Waals surface area contributed by atoms with Gasteiger partial charge >= 0.3 is 5.97 Å². The standard InChI is InChI=1S/C13H24N2O4/c1-10(11(2)13(18)19)12(17)15-8-6-4-3-5-7-14-9-16/h9-11H,3-8H2,1-2H3,(H,14,16)(H,15,17)(H,18,19). The van der Waals surface area contributed by atoms with E-state index in [4.69, 9.17) is 5.11 Å². The fourth-order valence-electron chi connectivity index (χ4n) is 1.58. The molecule has 6 heteroatoms. The van der Waals surface area contributed by atoms with Crippen LogP contribution in [0.2, 0.25) is 0 Å². The normalized spacial score (nSPS) is 13.4. The molecule has 0 heterocycles. The number of carboxylic acid groups (broad SMARTS) is 1. The largest absolute Gasteiger partial charge is 0.481 e. The SMILES string of the molecule is CC(C(=O)O)C(C)C(=O)NCCCCCCNC=O. The van der Waals surface area contributed by atoms with Gasteiger partial charge in [-0.3, -0.25) is 14.4 Å². The lowest BCUT2D eigenvalue weighted by Gasteiger charge is -2.15.